The van der Waals surface area contributed by atoms with Crippen molar-refractivity contribution in [2.75, 3.05) is 19.8 Å². The first-order valence-corrected chi connectivity index (χ1v) is 12.8. The van der Waals surface area contributed by atoms with E-state index in [1.54, 1.807) is 0 Å². The first-order valence-electron chi connectivity index (χ1n) is 12.0. The van der Waals surface area contributed by atoms with Crippen molar-refractivity contribution in [2.24, 2.45) is 4.99 Å². The van der Waals surface area contributed by atoms with Gasteiger partial charge in [-0.1, -0.05) is 28.1 Å². The average molecular weight is 546 g/mol. The lowest BCUT2D eigenvalue weighted by molar-refractivity contribution is -0.128. The molecule has 1 saturated carbocycles. The fourth-order valence-electron chi connectivity index (χ4n) is 4.27. The molecule has 0 saturated heterocycles. The highest BCUT2D eigenvalue weighted by Gasteiger charge is 2.44. The summed E-state index contributed by atoms with van der Waals surface area (Å²) in [7, 11) is 0. The lowest BCUT2D eigenvalue weighted by atomic mass is 9.91. The normalized spacial score (nSPS) is 23.9. The number of aliphatic imine (C=N–C) groups is 1. The fraction of sp³-hybridized carbons (Fsp3) is 0.462. The van der Waals surface area contributed by atoms with Crippen LogP contribution in [0.5, 0.6) is 5.75 Å². The Morgan fingerprint density at radius 1 is 1.11 bits per heavy atom. The second-order valence-corrected chi connectivity index (χ2v) is 10.0. The van der Waals surface area contributed by atoms with Crippen LogP contribution in [0.1, 0.15) is 43.2 Å². The van der Waals surface area contributed by atoms with Crippen molar-refractivity contribution < 1.29 is 24.5 Å². The first kappa shape index (κ1) is 25.6. The molecule has 0 aromatic heterocycles. The minimum Gasteiger partial charge on any atom is -0.494 e. The van der Waals surface area contributed by atoms with Gasteiger partial charge in [-0.05, 0) is 67.6 Å². The smallest absolute Gasteiger partial charge is 0.266 e. The Balaban J connectivity index is 1.50. The zero-order valence-electron chi connectivity index (χ0n) is 19.6. The molecule has 2 aromatic carbocycles. The second kappa shape index (κ2) is 12.0. The standard InChI is InChI=1S/C26H32BrN3O5/c27-20-6-2-18(3-7-20)16-26(25(33)30-29-21-8-10-22(32)11-9-21)17-35-24(28-26)19-4-12-23(13-5-19)34-15-1-14-31/h2-7,12-13,21-22,29,31-32H,1,8-11,14-17H2,(H,30,33)/t21?,22?,26-/m0/s1. The van der Waals surface area contributed by atoms with Gasteiger partial charge in [-0.3, -0.25) is 10.2 Å². The fourth-order valence-corrected chi connectivity index (χ4v) is 4.54. The van der Waals surface area contributed by atoms with E-state index in [-0.39, 0.29) is 31.3 Å². The van der Waals surface area contributed by atoms with Crippen molar-refractivity contribution >= 4 is 27.7 Å². The van der Waals surface area contributed by atoms with Gasteiger partial charge in [0, 0.05) is 35.5 Å². The van der Waals surface area contributed by atoms with E-state index in [1.165, 1.54) is 0 Å². The molecule has 1 fully saturated rings. The molecule has 1 heterocycles. The maximum absolute atomic E-state index is 13.5. The average Bonchev–Trinajstić information content (AvgIpc) is 3.31. The number of aliphatic hydroxyl groups is 2. The Hall–Kier alpha value is -2.46. The van der Waals surface area contributed by atoms with Crippen molar-refractivity contribution in [3.05, 3.63) is 64.1 Å². The van der Waals surface area contributed by atoms with E-state index >= 15 is 0 Å². The number of benzene rings is 2. The van der Waals surface area contributed by atoms with Gasteiger partial charge in [-0.25, -0.2) is 10.4 Å². The van der Waals surface area contributed by atoms with Crippen molar-refractivity contribution in [1.29, 1.82) is 0 Å². The molecule has 0 spiro atoms. The van der Waals surface area contributed by atoms with E-state index in [0.29, 0.717) is 31.1 Å². The van der Waals surface area contributed by atoms with Crippen molar-refractivity contribution in [3.8, 4) is 5.75 Å². The molecule has 4 N–H and O–H groups in total. The summed E-state index contributed by atoms with van der Waals surface area (Å²) in [5, 5.41) is 18.6. The highest BCUT2D eigenvalue weighted by atomic mass is 79.9. The number of rotatable bonds is 10. The van der Waals surface area contributed by atoms with Crippen LogP contribution in [0.25, 0.3) is 0 Å². The minimum absolute atomic E-state index is 0.0861. The summed E-state index contributed by atoms with van der Waals surface area (Å²) in [6, 6.07) is 15.3. The number of hydrogen-bond donors (Lipinski definition) is 4. The van der Waals surface area contributed by atoms with Crippen molar-refractivity contribution in [2.45, 2.75) is 56.2 Å². The molecule has 1 aliphatic heterocycles. The van der Waals surface area contributed by atoms with Crippen molar-refractivity contribution in [3.63, 3.8) is 0 Å². The van der Waals surface area contributed by atoms with E-state index in [0.717, 1.165) is 41.3 Å². The van der Waals surface area contributed by atoms with Crippen LogP contribution in [0.15, 0.2) is 58.0 Å². The summed E-state index contributed by atoms with van der Waals surface area (Å²) in [5.41, 5.74) is 6.66. The van der Waals surface area contributed by atoms with E-state index in [4.69, 9.17) is 19.6 Å². The Morgan fingerprint density at radius 2 is 1.83 bits per heavy atom. The SMILES string of the molecule is O=C(NNC1CCC(O)CC1)[C@]1(Cc2ccc(Br)cc2)COC(c2ccc(OCCCO)cc2)=N1. The highest BCUT2D eigenvalue weighted by molar-refractivity contribution is 9.10. The maximum atomic E-state index is 13.5. The topological polar surface area (TPSA) is 112 Å². The molecule has 4 rings (SSSR count). The predicted octanol–water partition coefficient (Wildman–Crippen LogP) is 2.89. The number of carbonyl (C=O) groups is 1. The summed E-state index contributed by atoms with van der Waals surface area (Å²) in [4.78, 5) is 18.3. The predicted molar refractivity (Wildman–Crippen MR) is 136 cm³/mol. The molecular weight excluding hydrogens is 514 g/mol. The van der Waals surface area contributed by atoms with E-state index in [9.17, 15) is 9.90 Å². The molecule has 0 bridgehead atoms. The lowest BCUT2D eigenvalue weighted by Gasteiger charge is -2.29. The summed E-state index contributed by atoms with van der Waals surface area (Å²) in [5.74, 6) is 0.868. The van der Waals surface area contributed by atoms with E-state index in [1.807, 2.05) is 48.5 Å². The minimum atomic E-state index is -1.11. The molecule has 1 aliphatic carbocycles. The Labute approximate surface area is 213 Å². The molecular formula is C26H32BrN3O5. The van der Waals surface area contributed by atoms with Gasteiger partial charge in [0.05, 0.1) is 12.7 Å². The second-order valence-electron chi connectivity index (χ2n) is 9.09. The van der Waals surface area contributed by atoms with Crippen LogP contribution in [-0.2, 0) is 16.0 Å². The van der Waals surface area contributed by atoms with Gasteiger partial charge in [0.25, 0.3) is 5.91 Å². The summed E-state index contributed by atoms with van der Waals surface area (Å²) < 4.78 is 12.5. The van der Waals surface area contributed by atoms with Crippen molar-refractivity contribution in [1.82, 2.24) is 10.9 Å². The molecule has 9 heteroatoms. The number of halogens is 1. The number of hydrazine groups is 1. The molecule has 2 aliphatic rings. The first-order chi connectivity index (χ1) is 17.0. The zero-order valence-corrected chi connectivity index (χ0v) is 21.2. The van der Waals surface area contributed by atoms with Gasteiger partial charge in [-0.2, -0.15) is 0 Å². The highest BCUT2D eigenvalue weighted by Crippen LogP contribution is 2.28. The lowest BCUT2D eigenvalue weighted by Crippen LogP contribution is -2.55. The van der Waals surface area contributed by atoms with Gasteiger partial charge in [0.1, 0.15) is 12.4 Å². The third-order valence-electron chi connectivity index (χ3n) is 6.35. The van der Waals surface area contributed by atoms with Crippen LogP contribution >= 0.6 is 15.9 Å². The Kier molecular flexibility index (Phi) is 8.78. The maximum Gasteiger partial charge on any atom is 0.266 e. The van der Waals surface area contributed by atoms with Gasteiger partial charge in [0.2, 0.25) is 5.90 Å². The summed E-state index contributed by atoms with van der Waals surface area (Å²) in [6.07, 6.45) is 3.77. The number of nitrogens with one attached hydrogen (secondary N) is 2. The van der Waals surface area contributed by atoms with E-state index < -0.39 is 5.54 Å². The summed E-state index contributed by atoms with van der Waals surface area (Å²) >= 11 is 3.46. The number of hydrogen-bond acceptors (Lipinski definition) is 7. The molecule has 0 radical (unpaired) electrons. The molecule has 8 nitrogen and oxygen atoms in total. The molecule has 35 heavy (non-hydrogen) atoms. The van der Waals surface area contributed by atoms with Gasteiger partial charge in [0.15, 0.2) is 5.54 Å². The van der Waals surface area contributed by atoms with Crippen LogP contribution in [-0.4, -0.2) is 59.5 Å². The van der Waals surface area contributed by atoms with Gasteiger partial charge in [-0.15, -0.1) is 0 Å². The number of amides is 1. The number of ether oxygens (including phenoxy) is 2. The zero-order chi connectivity index (χ0) is 24.7. The van der Waals surface area contributed by atoms with Crippen LogP contribution in [0.4, 0.5) is 0 Å². The summed E-state index contributed by atoms with van der Waals surface area (Å²) in [6.45, 7) is 0.656. The molecule has 0 unspecified atom stereocenters. The third-order valence-corrected chi connectivity index (χ3v) is 6.88. The molecule has 1 amide bonds. The van der Waals surface area contributed by atoms with Crippen LogP contribution in [0, 0.1) is 0 Å². The quantitative estimate of drug-likeness (QED) is 0.270. The molecule has 2 aromatic rings. The van der Waals surface area contributed by atoms with Crippen LogP contribution < -0.4 is 15.6 Å². The van der Waals surface area contributed by atoms with Gasteiger partial charge < -0.3 is 19.7 Å². The van der Waals surface area contributed by atoms with Gasteiger partial charge >= 0.3 is 0 Å². The molecule has 1 atom stereocenters. The third kappa shape index (κ3) is 6.82. The largest absolute Gasteiger partial charge is 0.494 e. The Morgan fingerprint density at radius 3 is 2.51 bits per heavy atom. The van der Waals surface area contributed by atoms with Crippen LogP contribution in [0.2, 0.25) is 0 Å². The monoisotopic (exact) mass is 545 g/mol. The molecule has 188 valence electrons. The van der Waals surface area contributed by atoms with Crippen LogP contribution in [0.3, 0.4) is 0 Å². The Bertz CT molecular complexity index is 1010. The van der Waals surface area contributed by atoms with E-state index in [2.05, 4.69) is 26.8 Å². The number of carbonyl (C=O) groups excluding carboxylic acids is 1. The number of aliphatic hydroxyl groups excluding tert-OH is 2. The number of nitrogens with zero attached hydrogens (tertiary/aromatic N) is 1.